The van der Waals surface area contributed by atoms with E-state index in [1.165, 1.54) is 5.69 Å². The molecule has 3 heterocycles. The van der Waals surface area contributed by atoms with Gasteiger partial charge in [0.1, 0.15) is 11.5 Å². The van der Waals surface area contributed by atoms with Gasteiger partial charge in [0.2, 0.25) is 0 Å². The molecule has 0 spiro atoms. The van der Waals surface area contributed by atoms with Crippen molar-refractivity contribution in [1.82, 2.24) is 14.8 Å². The summed E-state index contributed by atoms with van der Waals surface area (Å²) in [6.07, 6.45) is 1.72. The number of nitrogens with two attached hydrogens (primary N) is 1. The highest BCUT2D eigenvalue weighted by molar-refractivity contribution is 5.75. The van der Waals surface area contributed by atoms with Gasteiger partial charge in [0.05, 0.1) is 23.6 Å². The van der Waals surface area contributed by atoms with Crippen molar-refractivity contribution in [3.05, 3.63) is 29.7 Å². The molecule has 2 aromatic rings. The first-order valence-corrected chi connectivity index (χ1v) is 5.18. The van der Waals surface area contributed by atoms with Crippen LogP contribution in [0.3, 0.4) is 0 Å². The molecule has 0 fully saturated rings. The zero-order chi connectivity index (χ0) is 11.3. The Balaban J connectivity index is 2.32. The van der Waals surface area contributed by atoms with Crippen molar-refractivity contribution in [2.24, 2.45) is 0 Å². The van der Waals surface area contributed by atoms with Crippen molar-refractivity contribution in [3.8, 4) is 5.69 Å². The maximum atomic E-state index is 5.90. The number of nitrogens with zero attached hydrogens (tertiary/aromatic N) is 4. The van der Waals surface area contributed by atoms with E-state index in [2.05, 4.69) is 21.0 Å². The highest BCUT2D eigenvalue weighted by Gasteiger charge is 2.23. The van der Waals surface area contributed by atoms with E-state index in [0.717, 1.165) is 23.6 Å². The quantitative estimate of drug-likeness (QED) is 0.715. The van der Waals surface area contributed by atoms with Crippen LogP contribution in [0.2, 0.25) is 0 Å². The molecule has 0 saturated heterocycles. The van der Waals surface area contributed by atoms with E-state index >= 15 is 0 Å². The van der Waals surface area contributed by atoms with Crippen LogP contribution in [0.4, 0.5) is 11.5 Å². The van der Waals surface area contributed by atoms with Gasteiger partial charge in [0, 0.05) is 13.2 Å². The van der Waals surface area contributed by atoms with Gasteiger partial charge in [-0.2, -0.15) is 5.10 Å². The monoisotopic (exact) mass is 215 g/mol. The second-order valence-corrected chi connectivity index (χ2v) is 4.11. The van der Waals surface area contributed by atoms with E-state index in [0.29, 0.717) is 5.82 Å². The topological polar surface area (TPSA) is 60.0 Å². The third-order valence-corrected chi connectivity index (χ3v) is 2.85. The van der Waals surface area contributed by atoms with Gasteiger partial charge >= 0.3 is 0 Å². The molecule has 0 unspecified atom stereocenters. The molecule has 5 nitrogen and oxygen atoms in total. The van der Waals surface area contributed by atoms with Crippen LogP contribution in [0.5, 0.6) is 0 Å². The molecule has 0 saturated carbocycles. The lowest BCUT2D eigenvalue weighted by atomic mass is 10.2. The molecule has 0 bridgehead atoms. The van der Waals surface area contributed by atoms with Crippen molar-refractivity contribution in [3.63, 3.8) is 0 Å². The molecule has 0 aromatic carbocycles. The van der Waals surface area contributed by atoms with Crippen LogP contribution in [0, 0.1) is 6.92 Å². The van der Waals surface area contributed by atoms with Gasteiger partial charge in [0.25, 0.3) is 0 Å². The summed E-state index contributed by atoms with van der Waals surface area (Å²) in [7, 11) is 2.02. The molecular weight excluding hydrogens is 202 g/mol. The fourth-order valence-corrected chi connectivity index (χ4v) is 2.22. The summed E-state index contributed by atoms with van der Waals surface area (Å²) in [6.45, 7) is 2.80. The first-order valence-electron chi connectivity index (χ1n) is 5.18. The van der Waals surface area contributed by atoms with Crippen LogP contribution in [-0.2, 0) is 6.54 Å². The van der Waals surface area contributed by atoms with Gasteiger partial charge in [-0.25, -0.2) is 9.67 Å². The van der Waals surface area contributed by atoms with Crippen molar-refractivity contribution in [2.45, 2.75) is 13.5 Å². The summed E-state index contributed by atoms with van der Waals surface area (Å²) in [5, 5.41) is 4.47. The van der Waals surface area contributed by atoms with Crippen molar-refractivity contribution < 1.29 is 0 Å². The normalized spacial score (nSPS) is 13.5. The largest absolute Gasteiger partial charge is 0.382 e. The molecular formula is C11H13N5. The van der Waals surface area contributed by atoms with Crippen LogP contribution in [0.1, 0.15) is 11.4 Å². The number of aryl methyl sites for hydroxylation is 1. The summed E-state index contributed by atoms with van der Waals surface area (Å²) in [5.74, 6) is 0.554. The summed E-state index contributed by atoms with van der Waals surface area (Å²) in [6, 6.07) is 4.04. The lowest BCUT2D eigenvalue weighted by Crippen LogP contribution is -2.27. The molecule has 0 atom stereocenters. The van der Waals surface area contributed by atoms with E-state index in [1.54, 1.807) is 6.20 Å². The third-order valence-electron chi connectivity index (χ3n) is 2.85. The lowest BCUT2D eigenvalue weighted by Gasteiger charge is -2.28. The first-order chi connectivity index (χ1) is 7.66. The second-order valence-electron chi connectivity index (χ2n) is 4.11. The van der Waals surface area contributed by atoms with Crippen LogP contribution >= 0.6 is 0 Å². The summed E-state index contributed by atoms with van der Waals surface area (Å²) in [5.41, 5.74) is 10.1. The van der Waals surface area contributed by atoms with Crippen molar-refractivity contribution in [1.29, 1.82) is 0 Å². The zero-order valence-corrected chi connectivity index (χ0v) is 9.31. The molecule has 0 aliphatic carbocycles. The Kier molecular flexibility index (Phi) is 1.71. The van der Waals surface area contributed by atoms with Gasteiger partial charge in [-0.3, -0.25) is 0 Å². The number of anilines is 2. The van der Waals surface area contributed by atoms with Gasteiger partial charge in [-0.1, -0.05) is 0 Å². The number of fused-ring (bicyclic) bond motifs is 3. The fourth-order valence-electron chi connectivity index (χ4n) is 2.22. The van der Waals surface area contributed by atoms with E-state index in [9.17, 15) is 0 Å². The van der Waals surface area contributed by atoms with E-state index in [-0.39, 0.29) is 0 Å². The lowest BCUT2D eigenvalue weighted by molar-refractivity contribution is 0.734. The minimum atomic E-state index is 0.554. The molecule has 0 amide bonds. The Hall–Kier alpha value is -2.04. The second kappa shape index (κ2) is 2.98. The Morgan fingerprint density at radius 2 is 2.25 bits per heavy atom. The molecule has 1 aliphatic heterocycles. The van der Waals surface area contributed by atoms with E-state index in [4.69, 9.17) is 5.73 Å². The van der Waals surface area contributed by atoms with Crippen LogP contribution in [-0.4, -0.2) is 21.8 Å². The van der Waals surface area contributed by atoms with E-state index in [1.807, 2.05) is 24.7 Å². The van der Waals surface area contributed by atoms with Crippen molar-refractivity contribution >= 4 is 11.5 Å². The predicted molar refractivity (Wildman–Crippen MR) is 62.6 cm³/mol. The molecule has 1 aliphatic rings. The molecule has 5 heteroatoms. The maximum Gasteiger partial charge on any atom is 0.149 e. The van der Waals surface area contributed by atoms with Crippen LogP contribution < -0.4 is 10.6 Å². The summed E-state index contributed by atoms with van der Waals surface area (Å²) in [4.78, 5) is 6.22. The highest BCUT2D eigenvalue weighted by Crippen LogP contribution is 2.33. The Morgan fingerprint density at radius 1 is 1.44 bits per heavy atom. The van der Waals surface area contributed by atoms with Crippen LogP contribution in [0.15, 0.2) is 18.3 Å². The molecule has 16 heavy (non-hydrogen) atoms. The van der Waals surface area contributed by atoms with Crippen LogP contribution in [0.25, 0.3) is 5.69 Å². The number of hydrogen-bond donors (Lipinski definition) is 1. The maximum absolute atomic E-state index is 5.90. The summed E-state index contributed by atoms with van der Waals surface area (Å²) < 4.78 is 1.95. The Bertz CT molecular complexity index is 557. The van der Waals surface area contributed by atoms with Crippen molar-refractivity contribution in [2.75, 3.05) is 17.7 Å². The fraction of sp³-hybridized carbons (Fsp3) is 0.273. The summed E-state index contributed by atoms with van der Waals surface area (Å²) >= 11 is 0. The predicted octanol–water partition coefficient (Wildman–Crippen LogP) is 1.11. The first kappa shape index (κ1) is 9.21. The molecule has 82 valence electrons. The Morgan fingerprint density at radius 3 is 3.06 bits per heavy atom. The highest BCUT2D eigenvalue weighted by atomic mass is 15.3. The number of aromatic nitrogens is 3. The smallest absolute Gasteiger partial charge is 0.149 e. The average Bonchev–Trinajstić information content (AvgIpc) is 2.58. The number of rotatable bonds is 0. The number of pyridine rings is 1. The zero-order valence-electron chi connectivity index (χ0n) is 9.31. The number of hydrogen-bond acceptors (Lipinski definition) is 4. The van der Waals surface area contributed by atoms with Gasteiger partial charge in [0.15, 0.2) is 0 Å². The van der Waals surface area contributed by atoms with Gasteiger partial charge in [-0.15, -0.1) is 0 Å². The minimum absolute atomic E-state index is 0.554. The minimum Gasteiger partial charge on any atom is -0.382 e. The molecule has 0 radical (unpaired) electrons. The average molecular weight is 215 g/mol. The molecule has 3 rings (SSSR count). The van der Waals surface area contributed by atoms with Gasteiger partial charge in [-0.05, 0) is 19.1 Å². The SMILES string of the molecule is Cc1cc2n(n1)-c1ccnc(N)c1N(C)C2. The molecule has 2 N–H and O–H groups in total. The standard InChI is InChI=1S/C11H13N5/c1-7-5-8-6-15(2)10-9(16(8)14-7)3-4-13-11(10)12/h3-5H,6H2,1-2H3,(H2,12,13). The number of nitrogen functional groups attached to an aromatic ring is 1. The van der Waals surface area contributed by atoms with E-state index < -0.39 is 0 Å². The van der Waals surface area contributed by atoms with Gasteiger partial charge < -0.3 is 10.6 Å². The Labute approximate surface area is 93.5 Å². The third kappa shape index (κ3) is 1.11. The molecule has 2 aromatic heterocycles.